The zero-order chi connectivity index (χ0) is 24.2. The van der Waals surface area contributed by atoms with Crippen molar-refractivity contribution in [3.05, 3.63) is 106 Å². The maximum Gasteiger partial charge on any atom is 0.251 e. The first kappa shape index (κ1) is 23.9. The fourth-order valence-corrected chi connectivity index (χ4v) is 4.45. The summed E-state index contributed by atoms with van der Waals surface area (Å²) in [6.07, 6.45) is 0. The molecule has 1 aromatic heterocycles. The third kappa shape index (κ3) is 5.46. The molecule has 1 unspecified atom stereocenters. The van der Waals surface area contributed by atoms with E-state index in [2.05, 4.69) is 15.5 Å². The van der Waals surface area contributed by atoms with Crippen molar-refractivity contribution in [1.29, 1.82) is 0 Å². The maximum atomic E-state index is 13.3. The van der Waals surface area contributed by atoms with E-state index in [1.165, 1.54) is 48.2 Å². The van der Waals surface area contributed by atoms with Gasteiger partial charge in [0.2, 0.25) is 0 Å². The summed E-state index contributed by atoms with van der Waals surface area (Å²) in [6, 6.07) is 16.6. The summed E-state index contributed by atoms with van der Waals surface area (Å²) in [7, 11) is 0. The summed E-state index contributed by atoms with van der Waals surface area (Å²) < 4.78 is 28.3. The smallest absolute Gasteiger partial charge is 0.251 e. The zero-order valence-electron chi connectivity index (χ0n) is 18.4. The monoisotopic (exact) mass is 498 g/mol. The van der Waals surface area contributed by atoms with Gasteiger partial charge < -0.3 is 5.32 Å². The number of hydrogen-bond donors (Lipinski definition) is 1. The number of hydrogen-bond acceptors (Lipinski definition) is 4. The molecule has 0 aliphatic carbocycles. The van der Waals surface area contributed by atoms with Crippen molar-refractivity contribution in [1.82, 2.24) is 20.1 Å². The third-order valence-electron chi connectivity index (χ3n) is 5.19. The molecule has 0 aliphatic rings. The van der Waals surface area contributed by atoms with Crippen molar-refractivity contribution in [3.8, 4) is 5.69 Å². The molecule has 0 aliphatic heterocycles. The van der Waals surface area contributed by atoms with E-state index in [1.54, 1.807) is 25.1 Å². The molecule has 4 rings (SSSR count). The van der Waals surface area contributed by atoms with Crippen LogP contribution in [-0.4, -0.2) is 20.7 Å². The van der Waals surface area contributed by atoms with Gasteiger partial charge in [0.05, 0.1) is 11.7 Å². The van der Waals surface area contributed by atoms with E-state index in [1.807, 2.05) is 23.6 Å². The van der Waals surface area contributed by atoms with Crippen LogP contribution in [0.15, 0.2) is 71.9 Å². The third-order valence-corrected chi connectivity index (χ3v) is 6.43. The molecule has 3 aromatic carbocycles. The number of nitrogens with one attached hydrogen (secondary N) is 1. The summed E-state index contributed by atoms with van der Waals surface area (Å²) in [5.41, 5.74) is 3.01. The van der Waals surface area contributed by atoms with E-state index in [-0.39, 0.29) is 11.7 Å². The van der Waals surface area contributed by atoms with E-state index >= 15 is 0 Å². The van der Waals surface area contributed by atoms with E-state index < -0.39 is 11.9 Å². The molecule has 0 bridgehead atoms. The minimum Gasteiger partial charge on any atom is -0.342 e. The van der Waals surface area contributed by atoms with Gasteiger partial charge in [0.1, 0.15) is 11.6 Å². The Labute approximate surface area is 205 Å². The fraction of sp³-hybridized carbons (Fsp3) is 0.160. The standard InChI is InChI=1S/C25H21ClF2N4OS/c1-15-3-8-19(26)13-22(15)32-23(16(2)29-24(33)18-6-11-21(28)12-7-18)30-31-25(32)34-14-17-4-9-20(27)10-5-17/h3-13,16H,14H2,1-2H3,(H,29,33). The zero-order valence-corrected chi connectivity index (χ0v) is 20.0. The van der Waals surface area contributed by atoms with Crippen LogP contribution in [0, 0.1) is 18.6 Å². The van der Waals surface area contributed by atoms with Crippen LogP contribution in [0.1, 0.15) is 40.3 Å². The largest absolute Gasteiger partial charge is 0.342 e. The van der Waals surface area contributed by atoms with Crippen LogP contribution in [0.3, 0.4) is 0 Å². The van der Waals surface area contributed by atoms with Gasteiger partial charge in [0.25, 0.3) is 5.91 Å². The molecule has 0 radical (unpaired) electrons. The summed E-state index contributed by atoms with van der Waals surface area (Å²) in [4.78, 5) is 12.7. The van der Waals surface area contributed by atoms with Gasteiger partial charge in [0, 0.05) is 16.3 Å². The second-order valence-electron chi connectivity index (χ2n) is 7.72. The SMILES string of the molecule is Cc1ccc(Cl)cc1-n1c(SCc2ccc(F)cc2)nnc1C(C)NC(=O)c1ccc(F)cc1. The van der Waals surface area contributed by atoms with Gasteiger partial charge in [-0.2, -0.15) is 0 Å². The Morgan fingerprint density at radius 3 is 2.35 bits per heavy atom. The number of benzene rings is 3. The number of aryl methyl sites for hydroxylation is 1. The van der Waals surface area contributed by atoms with Gasteiger partial charge >= 0.3 is 0 Å². The lowest BCUT2D eigenvalue weighted by molar-refractivity contribution is 0.0938. The molecule has 174 valence electrons. The number of nitrogens with zero attached hydrogens (tertiary/aromatic N) is 3. The number of halogens is 3. The fourth-order valence-electron chi connectivity index (χ4n) is 3.38. The van der Waals surface area contributed by atoms with E-state index in [0.717, 1.165) is 16.8 Å². The molecule has 0 spiro atoms. The first-order valence-electron chi connectivity index (χ1n) is 10.5. The van der Waals surface area contributed by atoms with Crippen LogP contribution in [0.4, 0.5) is 8.78 Å². The van der Waals surface area contributed by atoms with Crippen LogP contribution in [0.5, 0.6) is 0 Å². The number of rotatable bonds is 7. The van der Waals surface area contributed by atoms with Crippen molar-refractivity contribution in [3.63, 3.8) is 0 Å². The number of aromatic nitrogens is 3. The molecule has 1 atom stereocenters. The van der Waals surface area contributed by atoms with Gasteiger partial charge in [-0.15, -0.1) is 10.2 Å². The Kier molecular flexibility index (Phi) is 7.29. The van der Waals surface area contributed by atoms with Gasteiger partial charge in [-0.25, -0.2) is 8.78 Å². The molecule has 4 aromatic rings. The first-order valence-corrected chi connectivity index (χ1v) is 11.8. The Balaban J connectivity index is 1.65. The predicted octanol–water partition coefficient (Wildman–Crippen LogP) is 6.29. The Bertz CT molecular complexity index is 1310. The molecule has 0 fully saturated rings. The Hall–Kier alpha value is -3.23. The summed E-state index contributed by atoms with van der Waals surface area (Å²) in [5.74, 6) is 0.00447. The highest BCUT2D eigenvalue weighted by atomic mass is 35.5. The quantitative estimate of drug-likeness (QED) is 0.304. The molecule has 1 heterocycles. The number of thioether (sulfide) groups is 1. The minimum atomic E-state index is -0.511. The van der Waals surface area contributed by atoms with E-state index in [4.69, 9.17) is 11.6 Å². The maximum absolute atomic E-state index is 13.3. The lowest BCUT2D eigenvalue weighted by Gasteiger charge is -2.18. The second-order valence-corrected chi connectivity index (χ2v) is 9.10. The summed E-state index contributed by atoms with van der Waals surface area (Å²) in [6.45, 7) is 3.75. The predicted molar refractivity (Wildman–Crippen MR) is 129 cm³/mol. The van der Waals surface area contributed by atoms with Crippen LogP contribution in [0.2, 0.25) is 5.02 Å². The molecule has 0 saturated carbocycles. The minimum absolute atomic E-state index is 0.292. The average molecular weight is 499 g/mol. The molecular weight excluding hydrogens is 478 g/mol. The van der Waals surface area contributed by atoms with Crippen LogP contribution in [0.25, 0.3) is 5.69 Å². The summed E-state index contributed by atoms with van der Waals surface area (Å²) >= 11 is 7.73. The molecular formula is C25H21ClF2N4OS. The number of carbonyl (C=O) groups is 1. The van der Waals surface area contributed by atoms with Crippen molar-refractivity contribution in [2.75, 3.05) is 0 Å². The molecule has 0 saturated heterocycles. The summed E-state index contributed by atoms with van der Waals surface area (Å²) in [5, 5.41) is 12.8. The van der Waals surface area contributed by atoms with Gasteiger partial charge in [-0.05, 0) is 73.5 Å². The van der Waals surface area contributed by atoms with Crippen LogP contribution < -0.4 is 5.32 Å². The van der Waals surface area contributed by atoms with E-state index in [9.17, 15) is 13.6 Å². The lowest BCUT2D eigenvalue weighted by atomic mass is 10.1. The lowest BCUT2D eigenvalue weighted by Crippen LogP contribution is -2.28. The topological polar surface area (TPSA) is 59.8 Å². The number of carbonyl (C=O) groups excluding carboxylic acids is 1. The van der Waals surface area contributed by atoms with Gasteiger partial charge in [0.15, 0.2) is 11.0 Å². The average Bonchev–Trinajstić information content (AvgIpc) is 3.24. The van der Waals surface area contributed by atoms with Gasteiger partial charge in [-0.3, -0.25) is 9.36 Å². The van der Waals surface area contributed by atoms with Crippen molar-refractivity contribution in [2.45, 2.75) is 30.8 Å². The molecule has 9 heteroatoms. The highest BCUT2D eigenvalue weighted by molar-refractivity contribution is 7.98. The van der Waals surface area contributed by atoms with Crippen molar-refractivity contribution in [2.24, 2.45) is 0 Å². The molecule has 5 nitrogen and oxygen atoms in total. The molecule has 1 amide bonds. The Morgan fingerprint density at radius 1 is 1.03 bits per heavy atom. The van der Waals surface area contributed by atoms with Crippen molar-refractivity contribution < 1.29 is 13.6 Å². The molecule has 34 heavy (non-hydrogen) atoms. The first-order chi connectivity index (χ1) is 16.3. The highest BCUT2D eigenvalue weighted by Gasteiger charge is 2.23. The van der Waals surface area contributed by atoms with Crippen LogP contribution >= 0.6 is 23.4 Å². The van der Waals surface area contributed by atoms with E-state index in [0.29, 0.717) is 27.3 Å². The second kappa shape index (κ2) is 10.4. The van der Waals surface area contributed by atoms with Gasteiger partial charge in [-0.1, -0.05) is 41.6 Å². The normalized spacial score (nSPS) is 11.9. The number of amides is 1. The highest BCUT2D eigenvalue weighted by Crippen LogP contribution is 2.30. The van der Waals surface area contributed by atoms with Crippen molar-refractivity contribution >= 4 is 29.3 Å². The molecule has 1 N–H and O–H groups in total. The Morgan fingerprint density at radius 2 is 1.68 bits per heavy atom. The van der Waals surface area contributed by atoms with Crippen LogP contribution in [-0.2, 0) is 5.75 Å².